The average molecular weight is 195 g/mol. The van der Waals surface area contributed by atoms with Crippen molar-refractivity contribution in [2.24, 2.45) is 0 Å². The highest BCUT2D eigenvalue weighted by Crippen LogP contribution is 1.73. The van der Waals surface area contributed by atoms with Crippen LogP contribution in [-0.2, 0) is 0 Å². The minimum Gasteiger partial charge on any atom is -0.344 e. The Balaban J connectivity index is 2.49. The van der Waals surface area contributed by atoms with E-state index in [1.807, 2.05) is 0 Å². The van der Waals surface area contributed by atoms with Gasteiger partial charge in [-0.05, 0) is 0 Å². The summed E-state index contributed by atoms with van der Waals surface area (Å²) >= 11 is 0. The summed E-state index contributed by atoms with van der Waals surface area (Å²) in [6, 6.07) is 0. The van der Waals surface area contributed by atoms with Gasteiger partial charge in [-0.2, -0.15) is 0 Å². The molecule has 0 unspecified atom stereocenters. The van der Waals surface area contributed by atoms with Gasteiger partial charge in [0.1, 0.15) is 5.08 Å². The summed E-state index contributed by atoms with van der Waals surface area (Å²) < 4.78 is 8.34. The summed E-state index contributed by atoms with van der Waals surface area (Å²) in [4.78, 5) is 25.5. The van der Waals surface area contributed by atoms with Gasteiger partial charge in [0.15, 0.2) is 6.61 Å². The second kappa shape index (κ2) is 4.63. The maximum Gasteiger partial charge on any atom is 0.449 e. The summed E-state index contributed by atoms with van der Waals surface area (Å²) in [7, 11) is 0. The summed E-state index contributed by atoms with van der Waals surface area (Å²) in [6.07, 6.45) is 5.22. The van der Waals surface area contributed by atoms with E-state index in [1.165, 1.54) is 0 Å². The molecule has 0 N–H and O–H groups in total. The zero-order chi connectivity index (χ0) is 10.4. The highest BCUT2D eigenvalue weighted by Gasteiger charge is 2.03. The van der Waals surface area contributed by atoms with Gasteiger partial charge in [0.2, 0.25) is 0 Å². The van der Waals surface area contributed by atoms with Gasteiger partial charge in [0.25, 0.3) is 0 Å². The molecule has 1 heterocycles. The molecule has 1 aromatic heterocycles. The van der Waals surface area contributed by atoms with Crippen LogP contribution in [0, 0.1) is 24.2 Å². The Bertz CT molecular complexity index is 473. The van der Waals surface area contributed by atoms with Gasteiger partial charge in [0, 0.05) is 0 Å². The predicted molar refractivity (Wildman–Crippen MR) is 44.2 cm³/mol. The Morgan fingerprint density at radius 2 is 1.93 bits per heavy atom. The molecular formula is C8H5NO5. The van der Waals surface area contributed by atoms with Crippen LogP contribution in [-0.4, -0.2) is 11.7 Å². The first-order valence-corrected chi connectivity index (χ1v) is 3.50. The van der Waals surface area contributed by atoms with Crippen LogP contribution in [0.1, 0.15) is 6.42 Å². The first kappa shape index (κ1) is 9.75. The van der Waals surface area contributed by atoms with Crippen molar-refractivity contribution < 1.29 is 13.9 Å². The molecule has 0 amide bonds. The smallest absolute Gasteiger partial charge is 0.344 e. The second-order valence-corrected chi connectivity index (χ2v) is 1.99. The molecule has 0 aliphatic rings. The number of rotatable bonds is 2. The molecule has 0 fully saturated rings. The van der Waals surface area contributed by atoms with E-state index in [0.717, 1.165) is 0 Å². The Morgan fingerprint density at radius 3 is 2.50 bits per heavy atom. The Morgan fingerprint density at radius 1 is 1.29 bits per heavy atom. The standard InChI is InChI=1S/C8H5NO5/c1-2-3-4-5-6-12-9-13-7(10)8(11)14-9/h1H,3,6H2. The normalized spacial score (nSPS) is 8.50. The first-order chi connectivity index (χ1) is 6.74. The molecule has 72 valence electrons. The van der Waals surface area contributed by atoms with Crippen LogP contribution >= 0.6 is 0 Å². The van der Waals surface area contributed by atoms with Crippen molar-refractivity contribution in [3.8, 4) is 24.2 Å². The van der Waals surface area contributed by atoms with E-state index in [0.29, 0.717) is 11.5 Å². The van der Waals surface area contributed by atoms with E-state index in [9.17, 15) is 9.59 Å². The van der Waals surface area contributed by atoms with Crippen molar-refractivity contribution in [1.29, 1.82) is 0 Å². The van der Waals surface area contributed by atoms with E-state index in [2.05, 4.69) is 31.6 Å². The van der Waals surface area contributed by atoms with Crippen molar-refractivity contribution in [1.82, 2.24) is 5.08 Å². The van der Waals surface area contributed by atoms with Crippen molar-refractivity contribution in [3.05, 3.63) is 20.8 Å². The predicted octanol–water partition coefficient (Wildman–Crippen LogP) is -1.15. The molecule has 14 heavy (non-hydrogen) atoms. The van der Waals surface area contributed by atoms with Crippen LogP contribution in [0.25, 0.3) is 0 Å². The molecule has 6 nitrogen and oxygen atoms in total. The quantitative estimate of drug-likeness (QED) is 0.440. The lowest BCUT2D eigenvalue weighted by Crippen LogP contribution is -2.14. The maximum atomic E-state index is 10.4. The summed E-state index contributed by atoms with van der Waals surface area (Å²) in [5, 5.41) is 0.301. The second-order valence-electron chi connectivity index (χ2n) is 1.99. The molecule has 0 aromatic carbocycles. The van der Waals surface area contributed by atoms with Gasteiger partial charge in [-0.15, -0.1) is 6.42 Å². The van der Waals surface area contributed by atoms with E-state index in [1.54, 1.807) is 0 Å². The zero-order valence-corrected chi connectivity index (χ0v) is 6.98. The first-order valence-electron chi connectivity index (χ1n) is 3.50. The van der Waals surface area contributed by atoms with Crippen LogP contribution < -0.4 is 16.1 Å². The van der Waals surface area contributed by atoms with E-state index in [4.69, 9.17) is 6.42 Å². The largest absolute Gasteiger partial charge is 0.449 e. The number of nitrogens with zero attached hydrogens (tertiary/aromatic N) is 1. The molecule has 1 aromatic rings. The lowest BCUT2D eigenvalue weighted by Gasteiger charge is -1.92. The molecular weight excluding hydrogens is 190 g/mol. The minimum absolute atomic E-state index is 0.0950. The van der Waals surface area contributed by atoms with E-state index >= 15 is 0 Å². The van der Waals surface area contributed by atoms with Gasteiger partial charge in [-0.25, -0.2) is 9.59 Å². The third-order valence-electron chi connectivity index (χ3n) is 1.04. The molecule has 0 saturated heterocycles. The molecule has 0 saturated carbocycles. The van der Waals surface area contributed by atoms with Crippen LogP contribution in [0.2, 0.25) is 0 Å². The molecule has 0 radical (unpaired) electrons. The molecule has 0 atom stereocenters. The van der Waals surface area contributed by atoms with Crippen LogP contribution in [0.15, 0.2) is 18.6 Å². The fraction of sp³-hybridized carbons (Fsp3) is 0.250. The van der Waals surface area contributed by atoms with E-state index < -0.39 is 11.3 Å². The summed E-state index contributed by atoms with van der Waals surface area (Å²) in [6.45, 7) is -0.0950. The molecule has 0 aliphatic heterocycles. The molecule has 1 rings (SSSR count). The van der Waals surface area contributed by atoms with Crippen LogP contribution in [0.4, 0.5) is 0 Å². The highest BCUT2D eigenvalue weighted by atomic mass is 17.0. The number of hydrogen-bond donors (Lipinski definition) is 0. The van der Waals surface area contributed by atoms with Gasteiger partial charge in [-0.1, -0.05) is 17.8 Å². The Hall–Kier alpha value is -2.34. The number of aromatic nitrogens is 1. The van der Waals surface area contributed by atoms with Crippen molar-refractivity contribution in [3.63, 3.8) is 0 Å². The Kier molecular flexibility index (Phi) is 3.22. The minimum atomic E-state index is -1.14. The average Bonchev–Trinajstić information content (AvgIpc) is 2.46. The highest BCUT2D eigenvalue weighted by molar-refractivity contribution is 5.07. The van der Waals surface area contributed by atoms with Gasteiger partial charge < -0.3 is 4.84 Å². The number of hydrogen-bond acceptors (Lipinski definition) is 5. The third-order valence-corrected chi connectivity index (χ3v) is 1.04. The SMILES string of the molecule is C#CCC#CCOn1oc(=O)c(=O)o1. The molecule has 0 aliphatic carbocycles. The lowest BCUT2D eigenvalue weighted by molar-refractivity contribution is -0.135. The van der Waals surface area contributed by atoms with Crippen LogP contribution in [0.5, 0.6) is 0 Å². The number of terminal acetylenes is 1. The topological polar surface area (TPSA) is 74.6 Å². The van der Waals surface area contributed by atoms with Crippen molar-refractivity contribution in [2.45, 2.75) is 6.42 Å². The van der Waals surface area contributed by atoms with Crippen molar-refractivity contribution in [2.75, 3.05) is 6.61 Å². The lowest BCUT2D eigenvalue weighted by atomic mass is 10.4. The molecule has 6 heteroatoms. The summed E-state index contributed by atoms with van der Waals surface area (Å²) in [5.74, 6) is 7.36. The van der Waals surface area contributed by atoms with Crippen molar-refractivity contribution >= 4 is 0 Å². The third kappa shape index (κ3) is 2.61. The fourth-order valence-corrected chi connectivity index (χ4v) is 0.531. The summed E-state index contributed by atoms with van der Waals surface area (Å²) in [5.41, 5.74) is -2.27. The molecule has 0 bridgehead atoms. The maximum absolute atomic E-state index is 10.4. The van der Waals surface area contributed by atoms with Gasteiger partial charge >= 0.3 is 11.3 Å². The van der Waals surface area contributed by atoms with Gasteiger partial charge in [0.05, 0.1) is 6.42 Å². The molecule has 0 spiro atoms. The monoisotopic (exact) mass is 195 g/mol. The van der Waals surface area contributed by atoms with Gasteiger partial charge in [-0.3, -0.25) is 9.05 Å². The van der Waals surface area contributed by atoms with Crippen LogP contribution in [0.3, 0.4) is 0 Å². The Labute approximate surface area is 77.9 Å². The zero-order valence-electron chi connectivity index (χ0n) is 6.98. The van der Waals surface area contributed by atoms with E-state index in [-0.39, 0.29) is 6.61 Å². The fourth-order valence-electron chi connectivity index (χ4n) is 0.531.